The highest BCUT2D eigenvalue weighted by Gasteiger charge is 2.49. The third kappa shape index (κ3) is 3.30. The minimum Gasteiger partial charge on any atom is -0.476 e. The molecule has 0 amide bonds. The van der Waals surface area contributed by atoms with Gasteiger partial charge in [0.2, 0.25) is 5.69 Å². The first-order valence-corrected chi connectivity index (χ1v) is 12.6. The van der Waals surface area contributed by atoms with E-state index in [2.05, 4.69) is 9.88 Å². The minimum atomic E-state index is -1.23. The molecule has 2 unspecified atom stereocenters. The Morgan fingerprint density at radius 1 is 0.875 bits per heavy atom. The van der Waals surface area contributed by atoms with Crippen molar-refractivity contribution < 1.29 is 9.90 Å². The molecule has 0 spiro atoms. The van der Waals surface area contributed by atoms with Crippen LogP contribution in [-0.4, -0.2) is 43.7 Å². The van der Waals surface area contributed by atoms with Crippen LogP contribution in [0.5, 0.6) is 0 Å². The number of fused-ring (bicyclic) bond motifs is 5. The Morgan fingerprint density at radius 3 is 2.38 bits per heavy atom. The largest absolute Gasteiger partial charge is 0.476 e. The van der Waals surface area contributed by atoms with E-state index in [0.717, 1.165) is 30.2 Å². The standard InChI is InChI=1S/C26H33N3O3/c30-25-24(26(31)32)27-20-9-3-4-10-21(20)29(25)23-15-18-8-5-11-22(23)28(18)19-13-16-6-1-2-7-17(12-16)14-19/h3-4,9-10,16-19,22-23H,1-2,5-8,11-15H2,(H,31,32)/t16?,17?,18-,19?,22+,23+/m0/s1. The molecule has 2 aliphatic heterocycles. The average Bonchev–Trinajstić information content (AvgIpc) is 2.90. The van der Waals surface area contributed by atoms with E-state index in [0.29, 0.717) is 23.6 Å². The van der Waals surface area contributed by atoms with E-state index in [-0.39, 0.29) is 11.7 Å². The Balaban J connectivity index is 1.41. The lowest BCUT2D eigenvalue weighted by Crippen LogP contribution is -2.51. The molecule has 1 aromatic carbocycles. The summed E-state index contributed by atoms with van der Waals surface area (Å²) in [6, 6.07) is 9.02. The minimum absolute atomic E-state index is 0.0324. The summed E-state index contributed by atoms with van der Waals surface area (Å²) in [7, 11) is 0. The third-order valence-electron chi connectivity index (χ3n) is 8.90. The predicted octanol–water partition coefficient (Wildman–Crippen LogP) is 4.62. The fourth-order valence-corrected chi connectivity index (χ4v) is 7.78. The molecule has 4 fully saturated rings. The monoisotopic (exact) mass is 435 g/mol. The molecular weight excluding hydrogens is 402 g/mol. The molecule has 32 heavy (non-hydrogen) atoms. The van der Waals surface area contributed by atoms with Crippen LogP contribution in [0.15, 0.2) is 29.1 Å². The summed E-state index contributed by atoms with van der Waals surface area (Å²) >= 11 is 0. The third-order valence-corrected chi connectivity index (χ3v) is 8.90. The maximum absolute atomic E-state index is 13.4. The lowest BCUT2D eigenvalue weighted by molar-refractivity contribution is 0.0300. The lowest BCUT2D eigenvalue weighted by atomic mass is 9.76. The maximum atomic E-state index is 13.4. The fourth-order valence-electron chi connectivity index (χ4n) is 7.78. The summed E-state index contributed by atoms with van der Waals surface area (Å²) in [5.74, 6) is 0.497. The van der Waals surface area contributed by atoms with Crippen molar-refractivity contribution in [2.75, 3.05) is 0 Å². The van der Waals surface area contributed by atoms with E-state index in [1.807, 2.05) is 28.8 Å². The summed E-state index contributed by atoms with van der Waals surface area (Å²) < 4.78 is 1.81. The first-order valence-electron chi connectivity index (χ1n) is 12.6. The first kappa shape index (κ1) is 20.4. The number of benzene rings is 1. The van der Waals surface area contributed by atoms with Crippen LogP contribution < -0.4 is 5.56 Å². The number of aromatic carboxylic acids is 1. The van der Waals surface area contributed by atoms with E-state index >= 15 is 0 Å². The van der Waals surface area contributed by atoms with Gasteiger partial charge in [-0.3, -0.25) is 14.3 Å². The SMILES string of the molecule is O=C(O)c1nc2ccccc2n([C@@H]2C[C@@H]3CCC[C@H]2N3C2CC3CCCCC(C3)C2)c1=O. The normalized spacial score (nSPS) is 35.0. The van der Waals surface area contributed by atoms with E-state index in [4.69, 9.17) is 0 Å². The Bertz CT molecular complexity index is 1080. The van der Waals surface area contributed by atoms with Gasteiger partial charge in [0.1, 0.15) is 0 Å². The van der Waals surface area contributed by atoms with Crippen LogP contribution in [0, 0.1) is 11.8 Å². The van der Waals surface area contributed by atoms with Crippen LogP contribution in [0.2, 0.25) is 0 Å². The number of hydrogen-bond acceptors (Lipinski definition) is 4. The summed E-state index contributed by atoms with van der Waals surface area (Å²) in [5, 5.41) is 9.67. The molecule has 170 valence electrons. The quantitative estimate of drug-likeness (QED) is 0.761. The number of carbonyl (C=O) groups is 1. The van der Waals surface area contributed by atoms with Crippen molar-refractivity contribution in [2.24, 2.45) is 11.8 Å². The fraction of sp³-hybridized carbons (Fsp3) is 0.654. The predicted molar refractivity (Wildman–Crippen MR) is 123 cm³/mol. The van der Waals surface area contributed by atoms with Crippen LogP contribution in [0.4, 0.5) is 0 Å². The van der Waals surface area contributed by atoms with Crippen molar-refractivity contribution in [1.82, 2.24) is 14.5 Å². The van der Waals surface area contributed by atoms with Crippen LogP contribution in [0.3, 0.4) is 0 Å². The van der Waals surface area contributed by atoms with Crippen LogP contribution in [-0.2, 0) is 0 Å². The molecule has 6 rings (SSSR count). The van der Waals surface area contributed by atoms with Crippen molar-refractivity contribution in [3.8, 4) is 0 Å². The van der Waals surface area contributed by atoms with Crippen molar-refractivity contribution in [3.05, 3.63) is 40.3 Å². The number of rotatable bonds is 3. The molecule has 0 radical (unpaired) electrons. The molecule has 6 heteroatoms. The molecule has 1 N–H and O–H groups in total. The van der Waals surface area contributed by atoms with Crippen molar-refractivity contribution in [2.45, 2.75) is 94.8 Å². The molecule has 3 heterocycles. The van der Waals surface area contributed by atoms with Gasteiger partial charge >= 0.3 is 5.97 Å². The second kappa shape index (κ2) is 7.98. The van der Waals surface area contributed by atoms with E-state index in [9.17, 15) is 14.7 Å². The molecule has 6 nitrogen and oxygen atoms in total. The van der Waals surface area contributed by atoms with Gasteiger partial charge in [0.25, 0.3) is 5.56 Å². The molecule has 2 saturated carbocycles. The average molecular weight is 436 g/mol. The molecule has 2 saturated heterocycles. The topological polar surface area (TPSA) is 75.4 Å². The first-order chi connectivity index (χ1) is 15.6. The number of aromatic nitrogens is 2. The molecule has 4 bridgehead atoms. The lowest BCUT2D eigenvalue weighted by Gasteiger charge is -2.46. The summed E-state index contributed by atoms with van der Waals surface area (Å²) in [5.41, 5.74) is 0.588. The zero-order valence-electron chi connectivity index (χ0n) is 18.7. The van der Waals surface area contributed by atoms with Crippen LogP contribution in [0.25, 0.3) is 11.0 Å². The van der Waals surface area contributed by atoms with Gasteiger partial charge in [-0.1, -0.05) is 44.2 Å². The smallest absolute Gasteiger partial charge is 0.360 e. The van der Waals surface area contributed by atoms with E-state index in [1.54, 1.807) is 0 Å². The molecule has 2 aliphatic carbocycles. The molecular formula is C26H33N3O3. The van der Waals surface area contributed by atoms with Gasteiger partial charge < -0.3 is 5.11 Å². The zero-order chi connectivity index (χ0) is 21.8. The molecule has 2 aromatic rings. The summed E-state index contributed by atoms with van der Waals surface area (Å²) in [6.07, 6.45) is 14.0. The van der Waals surface area contributed by atoms with E-state index in [1.165, 1.54) is 57.8 Å². The molecule has 4 aliphatic rings. The summed E-state index contributed by atoms with van der Waals surface area (Å²) in [4.78, 5) is 32.2. The zero-order valence-corrected chi connectivity index (χ0v) is 18.7. The molecule has 5 atom stereocenters. The summed E-state index contributed by atoms with van der Waals surface area (Å²) in [6.45, 7) is 0. The highest BCUT2D eigenvalue weighted by Crippen LogP contribution is 2.49. The van der Waals surface area contributed by atoms with Gasteiger partial charge in [0, 0.05) is 18.1 Å². The Kier molecular flexibility index (Phi) is 5.09. The van der Waals surface area contributed by atoms with Crippen molar-refractivity contribution >= 4 is 17.0 Å². The van der Waals surface area contributed by atoms with Gasteiger partial charge in [0.15, 0.2) is 0 Å². The maximum Gasteiger partial charge on any atom is 0.360 e. The van der Waals surface area contributed by atoms with Gasteiger partial charge in [-0.15, -0.1) is 0 Å². The number of hydrogen-bond donors (Lipinski definition) is 1. The second-order valence-electron chi connectivity index (χ2n) is 10.7. The van der Waals surface area contributed by atoms with Crippen molar-refractivity contribution in [3.63, 3.8) is 0 Å². The highest BCUT2D eigenvalue weighted by atomic mass is 16.4. The van der Waals surface area contributed by atoms with Crippen LogP contribution in [0.1, 0.15) is 87.2 Å². The second-order valence-corrected chi connectivity index (χ2v) is 10.7. The molecule has 1 aromatic heterocycles. The number of para-hydroxylation sites is 2. The van der Waals surface area contributed by atoms with Crippen LogP contribution >= 0.6 is 0 Å². The van der Waals surface area contributed by atoms with Gasteiger partial charge in [-0.25, -0.2) is 9.78 Å². The Morgan fingerprint density at radius 2 is 1.62 bits per heavy atom. The number of carboxylic acid groups (broad SMARTS) is 1. The number of nitrogens with zero attached hydrogens (tertiary/aromatic N) is 3. The number of carboxylic acids is 1. The van der Waals surface area contributed by atoms with Gasteiger partial charge in [-0.05, 0) is 62.5 Å². The number of piperidine rings is 1. The van der Waals surface area contributed by atoms with Crippen molar-refractivity contribution in [1.29, 1.82) is 0 Å². The van der Waals surface area contributed by atoms with Gasteiger partial charge in [0.05, 0.1) is 17.1 Å². The Labute approximate surface area is 188 Å². The van der Waals surface area contributed by atoms with Gasteiger partial charge in [-0.2, -0.15) is 0 Å². The Hall–Kier alpha value is -2.21. The highest BCUT2D eigenvalue weighted by molar-refractivity contribution is 5.88. The van der Waals surface area contributed by atoms with E-state index < -0.39 is 11.5 Å².